The summed E-state index contributed by atoms with van der Waals surface area (Å²) in [6, 6.07) is 7.03. The zero-order valence-electron chi connectivity index (χ0n) is 11.6. The van der Waals surface area contributed by atoms with Gasteiger partial charge in [0.25, 0.3) is 0 Å². The van der Waals surface area contributed by atoms with Gasteiger partial charge in [0.15, 0.2) is 0 Å². The molecule has 0 saturated heterocycles. The van der Waals surface area contributed by atoms with E-state index in [-0.39, 0.29) is 0 Å². The minimum atomic E-state index is 0.304. The zero-order valence-corrected chi connectivity index (χ0v) is 11.6. The lowest BCUT2D eigenvalue weighted by Gasteiger charge is -2.17. The molecule has 1 aromatic heterocycles. The molecule has 2 aromatic rings. The fourth-order valence-corrected chi connectivity index (χ4v) is 2.48. The molecule has 0 aliphatic carbocycles. The molecule has 1 heterocycles. The van der Waals surface area contributed by atoms with Crippen molar-refractivity contribution in [2.45, 2.75) is 26.3 Å². The number of benzene rings is 1. The molecule has 0 aliphatic rings. The van der Waals surface area contributed by atoms with Crippen LogP contribution in [0.4, 0.5) is 0 Å². The Morgan fingerprint density at radius 1 is 1.22 bits per heavy atom. The van der Waals surface area contributed by atoms with Crippen LogP contribution in [0.2, 0.25) is 0 Å². The van der Waals surface area contributed by atoms with Crippen molar-refractivity contribution >= 4 is 0 Å². The van der Waals surface area contributed by atoms with E-state index in [1.54, 1.807) is 0 Å². The number of nitrogens with one attached hydrogen (secondary N) is 1. The van der Waals surface area contributed by atoms with Gasteiger partial charge in [-0.15, -0.1) is 0 Å². The highest BCUT2D eigenvalue weighted by atomic mass is 15.1. The Bertz CT molecular complexity index is 508. The SMILES string of the molecule is CNC(Cc1cc(C)cc(C)c1)c1cncn1C. The van der Waals surface area contributed by atoms with Crippen molar-refractivity contribution in [3.8, 4) is 0 Å². The summed E-state index contributed by atoms with van der Waals surface area (Å²) in [5, 5.41) is 3.37. The molecule has 0 spiro atoms. The fourth-order valence-electron chi connectivity index (χ4n) is 2.48. The van der Waals surface area contributed by atoms with Crippen LogP contribution in [0.3, 0.4) is 0 Å². The third kappa shape index (κ3) is 2.79. The molecule has 3 heteroatoms. The summed E-state index contributed by atoms with van der Waals surface area (Å²) in [4.78, 5) is 4.19. The number of hydrogen-bond acceptors (Lipinski definition) is 2. The minimum absolute atomic E-state index is 0.304. The van der Waals surface area contributed by atoms with Gasteiger partial charge in [-0.3, -0.25) is 0 Å². The molecule has 1 N–H and O–H groups in total. The van der Waals surface area contributed by atoms with E-state index in [1.807, 2.05) is 26.6 Å². The summed E-state index contributed by atoms with van der Waals surface area (Å²) in [6.07, 6.45) is 4.77. The largest absolute Gasteiger partial charge is 0.336 e. The highest BCUT2D eigenvalue weighted by Gasteiger charge is 2.13. The van der Waals surface area contributed by atoms with Crippen LogP contribution in [-0.4, -0.2) is 16.6 Å². The molecule has 0 fully saturated rings. The molecular weight excluding hydrogens is 222 g/mol. The third-order valence-electron chi connectivity index (χ3n) is 3.28. The van der Waals surface area contributed by atoms with Crippen molar-refractivity contribution < 1.29 is 0 Å². The lowest BCUT2D eigenvalue weighted by atomic mass is 10.00. The maximum Gasteiger partial charge on any atom is 0.0946 e. The first-order valence-electron chi connectivity index (χ1n) is 6.31. The topological polar surface area (TPSA) is 29.9 Å². The Kier molecular flexibility index (Phi) is 3.82. The maximum atomic E-state index is 4.19. The summed E-state index contributed by atoms with van der Waals surface area (Å²) in [7, 11) is 4.04. The summed E-state index contributed by atoms with van der Waals surface area (Å²) >= 11 is 0. The smallest absolute Gasteiger partial charge is 0.0946 e. The Morgan fingerprint density at radius 2 is 1.89 bits per heavy atom. The van der Waals surface area contributed by atoms with Gasteiger partial charge in [-0.05, 0) is 32.9 Å². The molecule has 1 aromatic carbocycles. The number of aryl methyl sites for hydroxylation is 3. The Hall–Kier alpha value is -1.61. The predicted molar refractivity (Wildman–Crippen MR) is 74.6 cm³/mol. The van der Waals surface area contributed by atoms with Crippen LogP contribution in [0, 0.1) is 13.8 Å². The molecule has 2 rings (SSSR count). The molecule has 96 valence electrons. The van der Waals surface area contributed by atoms with E-state index in [0.29, 0.717) is 6.04 Å². The Balaban J connectivity index is 2.23. The summed E-state index contributed by atoms with van der Waals surface area (Å²) in [5.41, 5.74) is 5.24. The van der Waals surface area contributed by atoms with E-state index in [2.05, 4.69) is 46.9 Å². The van der Waals surface area contributed by atoms with Gasteiger partial charge >= 0.3 is 0 Å². The van der Waals surface area contributed by atoms with Gasteiger partial charge in [0.1, 0.15) is 0 Å². The quantitative estimate of drug-likeness (QED) is 0.894. The number of hydrogen-bond donors (Lipinski definition) is 1. The zero-order chi connectivity index (χ0) is 13.1. The molecule has 3 nitrogen and oxygen atoms in total. The van der Waals surface area contributed by atoms with Crippen LogP contribution < -0.4 is 5.32 Å². The summed E-state index contributed by atoms with van der Waals surface area (Å²) in [5.74, 6) is 0. The Morgan fingerprint density at radius 3 is 2.39 bits per heavy atom. The second-order valence-electron chi connectivity index (χ2n) is 4.97. The molecule has 0 aliphatic heterocycles. The fraction of sp³-hybridized carbons (Fsp3) is 0.400. The molecule has 0 saturated carbocycles. The molecule has 0 amide bonds. The Labute approximate surface area is 109 Å². The van der Waals surface area contributed by atoms with Crippen LogP contribution in [0.15, 0.2) is 30.7 Å². The van der Waals surface area contributed by atoms with Crippen LogP contribution in [-0.2, 0) is 13.5 Å². The maximum absolute atomic E-state index is 4.19. The van der Waals surface area contributed by atoms with Crippen molar-refractivity contribution in [1.29, 1.82) is 0 Å². The molecule has 1 atom stereocenters. The van der Waals surface area contributed by atoms with E-state index in [1.165, 1.54) is 22.4 Å². The highest BCUT2D eigenvalue weighted by molar-refractivity contribution is 5.29. The van der Waals surface area contributed by atoms with Gasteiger partial charge in [0.05, 0.1) is 18.1 Å². The first-order chi connectivity index (χ1) is 8.60. The monoisotopic (exact) mass is 243 g/mol. The number of rotatable bonds is 4. The minimum Gasteiger partial charge on any atom is -0.336 e. The van der Waals surface area contributed by atoms with Gasteiger partial charge in [0, 0.05) is 13.2 Å². The van der Waals surface area contributed by atoms with Crippen LogP contribution in [0.25, 0.3) is 0 Å². The number of likely N-dealkylation sites (N-methyl/N-ethyl adjacent to an activating group) is 1. The molecule has 0 bridgehead atoms. The van der Waals surface area contributed by atoms with Crippen molar-refractivity contribution in [3.05, 3.63) is 53.1 Å². The van der Waals surface area contributed by atoms with Crippen LogP contribution in [0.5, 0.6) is 0 Å². The van der Waals surface area contributed by atoms with E-state index in [9.17, 15) is 0 Å². The highest BCUT2D eigenvalue weighted by Crippen LogP contribution is 2.19. The molecule has 0 radical (unpaired) electrons. The summed E-state index contributed by atoms with van der Waals surface area (Å²) in [6.45, 7) is 4.30. The van der Waals surface area contributed by atoms with Crippen LogP contribution >= 0.6 is 0 Å². The van der Waals surface area contributed by atoms with Crippen molar-refractivity contribution in [2.24, 2.45) is 7.05 Å². The van der Waals surface area contributed by atoms with Crippen molar-refractivity contribution in [2.75, 3.05) is 7.05 Å². The lowest BCUT2D eigenvalue weighted by molar-refractivity contribution is 0.555. The molecule has 18 heavy (non-hydrogen) atoms. The number of nitrogens with zero attached hydrogens (tertiary/aromatic N) is 2. The first-order valence-corrected chi connectivity index (χ1v) is 6.31. The van der Waals surface area contributed by atoms with Crippen molar-refractivity contribution in [3.63, 3.8) is 0 Å². The average Bonchev–Trinajstić information content (AvgIpc) is 2.71. The predicted octanol–water partition coefficient (Wildman–Crippen LogP) is 2.54. The summed E-state index contributed by atoms with van der Waals surface area (Å²) < 4.78 is 2.07. The third-order valence-corrected chi connectivity index (χ3v) is 3.28. The molecular formula is C15H21N3. The van der Waals surface area contributed by atoms with Gasteiger partial charge in [0.2, 0.25) is 0 Å². The van der Waals surface area contributed by atoms with Gasteiger partial charge in [-0.2, -0.15) is 0 Å². The number of imidazole rings is 1. The van der Waals surface area contributed by atoms with E-state index in [0.717, 1.165) is 6.42 Å². The first kappa shape index (κ1) is 12.8. The van der Waals surface area contributed by atoms with Crippen molar-refractivity contribution in [1.82, 2.24) is 14.9 Å². The second kappa shape index (κ2) is 5.36. The van der Waals surface area contributed by atoms with E-state index >= 15 is 0 Å². The van der Waals surface area contributed by atoms with E-state index < -0.39 is 0 Å². The molecule has 1 unspecified atom stereocenters. The van der Waals surface area contributed by atoms with Gasteiger partial charge in [-0.1, -0.05) is 29.3 Å². The second-order valence-corrected chi connectivity index (χ2v) is 4.97. The number of aromatic nitrogens is 2. The lowest BCUT2D eigenvalue weighted by Crippen LogP contribution is -2.21. The van der Waals surface area contributed by atoms with Gasteiger partial charge in [-0.25, -0.2) is 4.98 Å². The van der Waals surface area contributed by atoms with Crippen LogP contribution in [0.1, 0.15) is 28.4 Å². The standard InChI is InChI=1S/C15H21N3/c1-11-5-12(2)7-13(6-11)8-14(16-3)15-9-17-10-18(15)4/h5-7,9-10,14,16H,8H2,1-4H3. The average molecular weight is 243 g/mol. The normalized spacial score (nSPS) is 12.7. The van der Waals surface area contributed by atoms with Gasteiger partial charge < -0.3 is 9.88 Å². The van der Waals surface area contributed by atoms with E-state index in [4.69, 9.17) is 0 Å².